The number of carbonyl (C=O) groups excluding carboxylic acids is 2. The first-order chi connectivity index (χ1) is 12.2. The van der Waals surface area contributed by atoms with Crippen LogP contribution in [0.3, 0.4) is 0 Å². The van der Waals surface area contributed by atoms with Crippen LogP contribution in [0.5, 0.6) is 0 Å². The van der Waals surface area contributed by atoms with Crippen LogP contribution in [-0.2, 0) is 20.9 Å². The summed E-state index contributed by atoms with van der Waals surface area (Å²) in [6, 6.07) is 3.93. The Balaban J connectivity index is 1.36. The zero-order valence-electron chi connectivity index (χ0n) is 14.0. The molecule has 1 saturated carbocycles. The minimum absolute atomic E-state index is 0.0944. The Hall–Kier alpha value is -2.08. The summed E-state index contributed by atoms with van der Waals surface area (Å²) in [4.78, 5) is 27.9. The summed E-state index contributed by atoms with van der Waals surface area (Å²) < 4.78 is 11.4. The molecule has 4 aliphatic rings. The molecule has 1 N–H and O–H groups in total. The molecule has 4 atom stereocenters. The average molecular weight is 342 g/mol. The van der Waals surface area contributed by atoms with E-state index in [-0.39, 0.29) is 23.8 Å². The third-order valence-electron chi connectivity index (χ3n) is 6.21. The van der Waals surface area contributed by atoms with Crippen molar-refractivity contribution in [1.29, 1.82) is 0 Å². The van der Waals surface area contributed by atoms with E-state index >= 15 is 0 Å². The van der Waals surface area contributed by atoms with Gasteiger partial charge in [0.25, 0.3) is 0 Å². The second-order valence-electron chi connectivity index (χ2n) is 7.60. The molecular weight excluding hydrogens is 320 g/mol. The molecule has 0 aromatic carbocycles. The number of nitrogens with one attached hydrogen (secondary N) is 1. The fourth-order valence-electron chi connectivity index (χ4n) is 5.06. The molecule has 0 unspecified atom stereocenters. The fourth-order valence-corrected chi connectivity index (χ4v) is 5.06. The van der Waals surface area contributed by atoms with Gasteiger partial charge in [-0.05, 0) is 25.0 Å². The van der Waals surface area contributed by atoms with Crippen LogP contribution >= 0.6 is 0 Å². The molecule has 132 valence electrons. The molecule has 1 spiro atoms. The Morgan fingerprint density at radius 3 is 2.96 bits per heavy atom. The number of likely N-dealkylation sites (tertiary alicyclic amines) is 1. The van der Waals surface area contributed by atoms with E-state index in [4.69, 9.17) is 9.15 Å². The van der Waals surface area contributed by atoms with Crippen LogP contribution in [0.4, 0.5) is 0 Å². The van der Waals surface area contributed by atoms with E-state index in [9.17, 15) is 9.59 Å². The van der Waals surface area contributed by atoms with Crippen LogP contribution < -0.4 is 5.32 Å². The van der Waals surface area contributed by atoms with Gasteiger partial charge < -0.3 is 19.4 Å². The Labute approximate surface area is 146 Å². The summed E-state index contributed by atoms with van der Waals surface area (Å²) in [6.07, 6.45) is 9.76. The van der Waals surface area contributed by atoms with Gasteiger partial charge in [-0.25, -0.2) is 0 Å². The molecule has 1 aliphatic carbocycles. The molecule has 0 radical (unpaired) electrons. The lowest BCUT2D eigenvalue weighted by Gasteiger charge is -2.26. The van der Waals surface area contributed by atoms with Crippen molar-refractivity contribution in [1.82, 2.24) is 10.2 Å². The molecule has 3 fully saturated rings. The lowest BCUT2D eigenvalue weighted by Crippen LogP contribution is -2.44. The molecule has 1 aromatic heterocycles. The minimum atomic E-state index is -0.600. The second-order valence-corrected chi connectivity index (χ2v) is 7.60. The van der Waals surface area contributed by atoms with E-state index in [1.54, 1.807) is 12.3 Å². The lowest BCUT2D eigenvalue weighted by molar-refractivity contribution is -0.138. The van der Waals surface area contributed by atoms with Gasteiger partial charge in [0, 0.05) is 6.04 Å². The van der Waals surface area contributed by atoms with Crippen LogP contribution in [0.2, 0.25) is 0 Å². The zero-order chi connectivity index (χ0) is 17.0. The highest BCUT2D eigenvalue weighted by molar-refractivity contribution is 5.93. The Kier molecular flexibility index (Phi) is 3.32. The summed E-state index contributed by atoms with van der Waals surface area (Å²) in [5, 5.41) is 2.91. The van der Waals surface area contributed by atoms with Gasteiger partial charge in [-0.1, -0.05) is 25.0 Å². The van der Waals surface area contributed by atoms with Gasteiger partial charge in [0.15, 0.2) is 0 Å². The van der Waals surface area contributed by atoms with Gasteiger partial charge >= 0.3 is 0 Å². The normalized spacial score (nSPS) is 36.4. The van der Waals surface area contributed by atoms with Gasteiger partial charge in [0.1, 0.15) is 11.4 Å². The predicted molar refractivity (Wildman–Crippen MR) is 88.2 cm³/mol. The van der Waals surface area contributed by atoms with Crippen LogP contribution in [0.1, 0.15) is 31.4 Å². The van der Waals surface area contributed by atoms with Gasteiger partial charge in [0.05, 0.1) is 37.3 Å². The Bertz CT molecular complexity index is 722. The van der Waals surface area contributed by atoms with Crippen LogP contribution in [-0.4, -0.2) is 41.0 Å². The monoisotopic (exact) mass is 342 g/mol. The van der Waals surface area contributed by atoms with Crippen molar-refractivity contribution in [3.63, 3.8) is 0 Å². The molecule has 2 bridgehead atoms. The molecule has 5 rings (SSSR count). The molecule has 4 heterocycles. The van der Waals surface area contributed by atoms with E-state index in [0.29, 0.717) is 24.9 Å². The first kappa shape index (κ1) is 15.2. The number of carbonyl (C=O) groups is 2. The van der Waals surface area contributed by atoms with Crippen molar-refractivity contribution in [2.24, 2.45) is 11.8 Å². The summed E-state index contributed by atoms with van der Waals surface area (Å²) in [5.74, 6) is -0.164. The number of fused-ring (bicyclic) bond motifs is 1. The largest absolute Gasteiger partial charge is 0.467 e. The standard InChI is InChI=1S/C19H22N2O4/c22-17(20-10-13-6-3-9-24-13)15-14-7-8-19(25-14)11-21(18(23)16(15)19)12-4-1-2-5-12/h3,6-9,12,14-16H,1-2,4-5,10-11H2,(H,20,22)/t14-,15-,16+,19-/m1/s1. The number of amides is 2. The second kappa shape index (κ2) is 5.46. The SMILES string of the molecule is O=C(NCc1ccco1)[C@H]1[C@H]2C(=O)N(C3CCCC3)C[C@]23C=C[C@H]1O3. The van der Waals surface area contributed by atoms with E-state index in [1.807, 2.05) is 23.1 Å². The maximum absolute atomic E-state index is 13.1. The summed E-state index contributed by atoms with van der Waals surface area (Å²) >= 11 is 0. The Morgan fingerprint density at radius 1 is 1.36 bits per heavy atom. The molecule has 25 heavy (non-hydrogen) atoms. The molecule has 3 aliphatic heterocycles. The highest BCUT2D eigenvalue weighted by Gasteiger charge is 2.67. The topological polar surface area (TPSA) is 71.8 Å². The van der Waals surface area contributed by atoms with Gasteiger partial charge in [-0.15, -0.1) is 0 Å². The molecule has 2 amide bonds. The van der Waals surface area contributed by atoms with Crippen LogP contribution in [0.15, 0.2) is 35.0 Å². The van der Waals surface area contributed by atoms with Crippen LogP contribution in [0, 0.1) is 11.8 Å². The molecule has 6 nitrogen and oxygen atoms in total. The number of rotatable bonds is 4. The smallest absolute Gasteiger partial charge is 0.230 e. The van der Waals surface area contributed by atoms with Crippen LogP contribution in [0.25, 0.3) is 0 Å². The first-order valence-corrected chi connectivity index (χ1v) is 9.16. The minimum Gasteiger partial charge on any atom is -0.467 e. The highest BCUT2D eigenvalue weighted by atomic mass is 16.5. The third-order valence-corrected chi connectivity index (χ3v) is 6.21. The average Bonchev–Trinajstić information content (AvgIpc) is 3.39. The number of nitrogens with zero attached hydrogens (tertiary/aromatic N) is 1. The van der Waals surface area contributed by atoms with Crippen molar-refractivity contribution in [2.75, 3.05) is 6.54 Å². The molecule has 6 heteroatoms. The highest BCUT2D eigenvalue weighted by Crippen LogP contribution is 2.52. The van der Waals surface area contributed by atoms with Crippen molar-refractivity contribution >= 4 is 11.8 Å². The first-order valence-electron chi connectivity index (χ1n) is 9.16. The summed E-state index contributed by atoms with van der Waals surface area (Å²) in [5.41, 5.74) is -0.600. The summed E-state index contributed by atoms with van der Waals surface area (Å²) in [7, 11) is 0. The maximum Gasteiger partial charge on any atom is 0.230 e. The molecule has 1 aromatic rings. The predicted octanol–water partition coefficient (Wildman–Crippen LogP) is 1.62. The lowest BCUT2D eigenvalue weighted by atomic mass is 9.77. The van der Waals surface area contributed by atoms with Gasteiger partial charge in [0.2, 0.25) is 11.8 Å². The number of hydrogen-bond donors (Lipinski definition) is 1. The van der Waals surface area contributed by atoms with Crippen molar-refractivity contribution in [2.45, 2.75) is 50.0 Å². The van der Waals surface area contributed by atoms with E-state index in [1.165, 1.54) is 12.8 Å². The number of furan rings is 1. The van der Waals surface area contributed by atoms with E-state index in [2.05, 4.69) is 5.32 Å². The summed E-state index contributed by atoms with van der Waals surface area (Å²) in [6.45, 7) is 0.926. The van der Waals surface area contributed by atoms with Crippen molar-refractivity contribution in [3.8, 4) is 0 Å². The van der Waals surface area contributed by atoms with Crippen molar-refractivity contribution < 1.29 is 18.7 Å². The fraction of sp³-hybridized carbons (Fsp3) is 0.579. The third kappa shape index (κ3) is 2.20. The number of ether oxygens (including phenoxy) is 1. The van der Waals surface area contributed by atoms with Crippen molar-refractivity contribution in [3.05, 3.63) is 36.3 Å². The molecular formula is C19H22N2O4. The number of hydrogen-bond acceptors (Lipinski definition) is 4. The van der Waals surface area contributed by atoms with E-state index in [0.717, 1.165) is 12.8 Å². The van der Waals surface area contributed by atoms with Gasteiger partial charge in [-0.3, -0.25) is 9.59 Å². The quantitative estimate of drug-likeness (QED) is 0.844. The maximum atomic E-state index is 13.1. The molecule has 2 saturated heterocycles. The zero-order valence-corrected chi connectivity index (χ0v) is 14.0. The Morgan fingerprint density at radius 2 is 2.20 bits per heavy atom. The van der Waals surface area contributed by atoms with Gasteiger partial charge in [-0.2, -0.15) is 0 Å². The van der Waals surface area contributed by atoms with E-state index < -0.39 is 11.5 Å².